The van der Waals surface area contributed by atoms with Crippen LogP contribution in [0.15, 0.2) is 40.5 Å². The van der Waals surface area contributed by atoms with Crippen LogP contribution in [0.2, 0.25) is 5.02 Å². The number of carbonyl (C=O) groups excluding carboxylic acids is 1. The summed E-state index contributed by atoms with van der Waals surface area (Å²) in [7, 11) is -6.00. The van der Waals surface area contributed by atoms with Crippen molar-refractivity contribution in [2.45, 2.75) is 32.3 Å². The molecule has 3 heterocycles. The van der Waals surface area contributed by atoms with E-state index in [0.29, 0.717) is 22.9 Å². The highest BCUT2D eigenvalue weighted by Gasteiger charge is 2.47. The standard InChI is InChI=1S/C29H18ClF6N5O5S2/c1-12-7-16(25-23(38-12)19(11-47-25)27(42)40-48(44,45)29(34,35)36)15-8-14(30)3-4-21(15)46-6-5-41-13(2)39-24-20(31)9-17(26(32)33)18(10-37)22(24)28(41)43/h3-4,7-9,11,26H,5-6H2,1-2H3,(H,40,42). The number of amides is 1. The lowest BCUT2D eigenvalue weighted by molar-refractivity contribution is -0.0446. The molecule has 0 saturated heterocycles. The number of nitriles is 1. The molecule has 1 amide bonds. The number of rotatable bonds is 8. The average molecular weight is 730 g/mol. The van der Waals surface area contributed by atoms with Crippen molar-refractivity contribution in [2.75, 3.05) is 6.61 Å². The van der Waals surface area contributed by atoms with Crippen LogP contribution in [-0.4, -0.2) is 41.0 Å². The Balaban J connectivity index is 1.51. The van der Waals surface area contributed by atoms with Crippen LogP contribution in [0.4, 0.5) is 26.3 Å². The number of benzene rings is 2. The van der Waals surface area contributed by atoms with E-state index in [1.54, 1.807) is 12.1 Å². The van der Waals surface area contributed by atoms with Crippen molar-refractivity contribution >= 4 is 60.0 Å². The minimum Gasteiger partial charge on any atom is -0.491 e. The van der Waals surface area contributed by atoms with Crippen LogP contribution in [0.25, 0.3) is 32.2 Å². The van der Waals surface area contributed by atoms with Crippen molar-refractivity contribution in [2.24, 2.45) is 0 Å². The van der Waals surface area contributed by atoms with Gasteiger partial charge in [-0.3, -0.25) is 19.1 Å². The number of thiophene rings is 1. The highest BCUT2D eigenvalue weighted by atomic mass is 35.5. The third-order valence-corrected chi connectivity index (χ3v) is 9.29. The second kappa shape index (κ2) is 12.7. The van der Waals surface area contributed by atoms with Crippen LogP contribution in [0, 0.1) is 31.0 Å². The molecule has 0 unspecified atom stereocenters. The Morgan fingerprint density at radius 2 is 1.85 bits per heavy atom. The number of hydrogen-bond donors (Lipinski definition) is 1. The normalized spacial score (nSPS) is 12.1. The van der Waals surface area contributed by atoms with Gasteiger partial charge in [-0.05, 0) is 44.2 Å². The highest BCUT2D eigenvalue weighted by Crippen LogP contribution is 2.40. The molecule has 5 aromatic rings. The number of ether oxygens (including phenoxy) is 1. The minimum absolute atomic E-state index is 0.00316. The van der Waals surface area contributed by atoms with Gasteiger partial charge in [0.15, 0.2) is 0 Å². The quantitative estimate of drug-likeness (QED) is 0.177. The van der Waals surface area contributed by atoms with Crippen molar-refractivity contribution < 1.29 is 44.3 Å². The number of halogens is 7. The van der Waals surface area contributed by atoms with Crippen molar-refractivity contribution in [3.8, 4) is 22.9 Å². The zero-order chi connectivity index (χ0) is 35.3. The molecule has 0 bridgehead atoms. The van der Waals surface area contributed by atoms with E-state index in [-0.39, 0.29) is 40.0 Å². The van der Waals surface area contributed by atoms with Crippen molar-refractivity contribution in [3.05, 3.63) is 85.1 Å². The van der Waals surface area contributed by atoms with Gasteiger partial charge >= 0.3 is 15.5 Å². The molecule has 250 valence electrons. The lowest BCUT2D eigenvalue weighted by atomic mass is 10.0. The van der Waals surface area contributed by atoms with Crippen molar-refractivity contribution in [1.82, 2.24) is 19.3 Å². The van der Waals surface area contributed by atoms with Gasteiger partial charge in [-0.25, -0.2) is 22.9 Å². The number of hydrogen-bond acceptors (Lipinski definition) is 9. The van der Waals surface area contributed by atoms with E-state index < -0.39 is 66.8 Å². The van der Waals surface area contributed by atoms with Crippen LogP contribution in [0.5, 0.6) is 5.75 Å². The lowest BCUT2D eigenvalue weighted by Gasteiger charge is -2.16. The largest absolute Gasteiger partial charge is 0.516 e. The first-order valence-electron chi connectivity index (χ1n) is 13.3. The molecule has 0 aliphatic rings. The van der Waals surface area contributed by atoms with E-state index in [1.807, 2.05) is 0 Å². The van der Waals surface area contributed by atoms with Crippen LogP contribution in [-0.2, 0) is 16.6 Å². The molecule has 0 saturated carbocycles. The minimum atomic E-state index is -6.00. The zero-order valence-corrected chi connectivity index (χ0v) is 26.6. The summed E-state index contributed by atoms with van der Waals surface area (Å²) in [5.74, 6) is -2.56. The molecule has 19 heteroatoms. The number of aromatic nitrogens is 3. The highest BCUT2D eigenvalue weighted by molar-refractivity contribution is 7.90. The molecule has 10 nitrogen and oxygen atoms in total. The van der Waals surface area contributed by atoms with Crippen LogP contribution >= 0.6 is 22.9 Å². The Hall–Kier alpha value is -4.73. The fourth-order valence-corrected chi connectivity index (χ4v) is 6.51. The Morgan fingerprint density at radius 3 is 2.50 bits per heavy atom. The van der Waals surface area contributed by atoms with Gasteiger partial charge in [0.2, 0.25) is 0 Å². The van der Waals surface area contributed by atoms with Gasteiger partial charge < -0.3 is 4.74 Å². The van der Waals surface area contributed by atoms with Gasteiger partial charge in [0.05, 0.1) is 33.3 Å². The molecule has 0 aliphatic heterocycles. The molecule has 0 radical (unpaired) electrons. The number of sulfonamides is 1. The van der Waals surface area contributed by atoms with E-state index in [1.165, 1.54) is 32.0 Å². The van der Waals surface area contributed by atoms with E-state index in [0.717, 1.165) is 26.0 Å². The molecule has 0 fully saturated rings. The summed E-state index contributed by atoms with van der Waals surface area (Å²) in [5, 5.41) is 10.3. The maximum Gasteiger partial charge on any atom is 0.516 e. The van der Waals surface area contributed by atoms with Crippen LogP contribution in [0.3, 0.4) is 0 Å². The van der Waals surface area contributed by atoms with Crippen molar-refractivity contribution in [3.63, 3.8) is 0 Å². The molecular weight excluding hydrogens is 712 g/mol. The number of pyridine rings is 1. The first-order valence-corrected chi connectivity index (χ1v) is 16.1. The van der Waals surface area contributed by atoms with Crippen molar-refractivity contribution in [1.29, 1.82) is 5.26 Å². The number of nitrogens with zero attached hydrogens (tertiary/aromatic N) is 4. The number of fused-ring (bicyclic) bond motifs is 2. The van der Waals surface area contributed by atoms with E-state index in [4.69, 9.17) is 16.3 Å². The fourth-order valence-electron chi connectivity index (χ4n) is 4.86. The molecule has 3 aromatic heterocycles. The summed E-state index contributed by atoms with van der Waals surface area (Å²) < 4.78 is 112. The first kappa shape index (κ1) is 34.6. The van der Waals surface area contributed by atoms with Crippen LogP contribution < -0.4 is 15.0 Å². The molecule has 1 N–H and O–H groups in total. The summed E-state index contributed by atoms with van der Waals surface area (Å²) in [6.45, 7) is 2.42. The summed E-state index contributed by atoms with van der Waals surface area (Å²) in [6, 6.07) is 8.02. The summed E-state index contributed by atoms with van der Waals surface area (Å²) in [6.07, 6.45) is -3.23. The fraction of sp³-hybridized carbons (Fsp3) is 0.207. The Labute approximate surface area is 275 Å². The summed E-state index contributed by atoms with van der Waals surface area (Å²) >= 11 is 7.15. The monoisotopic (exact) mass is 729 g/mol. The Morgan fingerprint density at radius 1 is 1.15 bits per heavy atom. The second-order valence-electron chi connectivity index (χ2n) is 10.1. The third kappa shape index (κ3) is 6.28. The van der Waals surface area contributed by atoms with E-state index in [9.17, 15) is 49.6 Å². The first-order chi connectivity index (χ1) is 22.4. The van der Waals surface area contributed by atoms with E-state index in [2.05, 4.69) is 9.97 Å². The maximum atomic E-state index is 14.6. The smallest absolute Gasteiger partial charge is 0.491 e. The van der Waals surface area contributed by atoms with Crippen LogP contribution in [0.1, 0.15) is 39.4 Å². The second-order valence-corrected chi connectivity index (χ2v) is 13.1. The zero-order valence-electron chi connectivity index (χ0n) is 24.2. The molecule has 0 atom stereocenters. The SMILES string of the molecule is Cc1cc(-c2cc(Cl)ccc2OCCn2c(C)nc3c(F)cc(C(F)F)c(C#N)c3c2=O)c2scc(C(=O)NS(=O)(=O)C(F)(F)F)c2n1. The molecule has 0 spiro atoms. The number of aryl methyl sites for hydroxylation is 2. The number of carbonyl (C=O) groups is 1. The number of nitrogens with one attached hydrogen (secondary N) is 1. The third-order valence-electron chi connectivity index (χ3n) is 6.99. The van der Waals surface area contributed by atoms with Gasteiger partial charge in [0.1, 0.15) is 35.6 Å². The lowest BCUT2D eigenvalue weighted by Crippen LogP contribution is -2.40. The van der Waals surface area contributed by atoms with Gasteiger partial charge in [-0.15, -0.1) is 11.3 Å². The van der Waals surface area contributed by atoms with Gasteiger partial charge in [-0.2, -0.15) is 26.9 Å². The maximum absolute atomic E-state index is 14.6. The topological polar surface area (TPSA) is 144 Å². The molecule has 0 aliphatic carbocycles. The number of alkyl halides is 5. The van der Waals surface area contributed by atoms with Gasteiger partial charge in [-0.1, -0.05) is 11.6 Å². The Bertz CT molecular complexity index is 2350. The predicted molar refractivity (Wildman–Crippen MR) is 163 cm³/mol. The molecular formula is C29H18ClF6N5O5S2. The summed E-state index contributed by atoms with van der Waals surface area (Å²) in [4.78, 5) is 34.2. The molecule has 5 rings (SSSR count). The summed E-state index contributed by atoms with van der Waals surface area (Å²) in [5.41, 5.74) is -8.40. The Kier molecular flexibility index (Phi) is 9.16. The van der Waals surface area contributed by atoms with Gasteiger partial charge in [0, 0.05) is 32.8 Å². The molecule has 2 aromatic carbocycles. The van der Waals surface area contributed by atoms with E-state index >= 15 is 0 Å². The molecule has 48 heavy (non-hydrogen) atoms. The predicted octanol–water partition coefficient (Wildman–Crippen LogP) is 6.55. The van der Waals surface area contributed by atoms with Gasteiger partial charge in [0.25, 0.3) is 17.9 Å². The average Bonchev–Trinajstić information content (AvgIpc) is 3.42.